The molecule has 0 atom stereocenters. The van der Waals surface area contributed by atoms with Crippen molar-refractivity contribution in [3.05, 3.63) is 30.0 Å². The van der Waals surface area contributed by atoms with Crippen molar-refractivity contribution in [1.29, 1.82) is 0 Å². The molecule has 1 heterocycles. The number of nitrogens with one attached hydrogen (secondary N) is 1. The van der Waals surface area contributed by atoms with E-state index in [0.717, 1.165) is 48.4 Å². The van der Waals surface area contributed by atoms with E-state index in [9.17, 15) is 4.79 Å². The molecular weight excluding hydrogens is 254 g/mol. The van der Waals surface area contributed by atoms with Crippen molar-refractivity contribution in [3.63, 3.8) is 0 Å². The zero-order chi connectivity index (χ0) is 14.4. The first-order valence-corrected chi connectivity index (χ1v) is 6.86. The molecule has 1 aromatic heterocycles. The van der Waals surface area contributed by atoms with E-state index >= 15 is 0 Å². The molecule has 0 spiro atoms. The van der Waals surface area contributed by atoms with Crippen molar-refractivity contribution in [2.45, 2.75) is 32.6 Å². The number of rotatable bonds is 7. The second-order valence-electron chi connectivity index (χ2n) is 4.78. The number of unbranched alkanes of at least 4 members (excludes halogenated alkanes) is 2. The Bertz CT molecular complexity index is 599. The summed E-state index contributed by atoms with van der Waals surface area (Å²) in [5.74, 6) is 0.0798. The van der Waals surface area contributed by atoms with Crippen LogP contribution in [0.5, 0.6) is 0 Å². The number of hydrogen-bond donors (Lipinski definition) is 2. The number of hydrogen-bond acceptors (Lipinski definition) is 4. The molecule has 0 unspecified atom stereocenters. The van der Waals surface area contributed by atoms with E-state index < -0.39 is 5.97 Å². The molecule has 5 nitrogen and oxygen atoms in total. The fourth-order valence-electron chi connectivity index (χ4n) is 2.04. The number of anilines is 1. The van der Waals surface area contributed by atoms with Gasteiger partial charge >= 0.3 is 5.97 Å². The minimum Gasteiger partial charge on any atom is -0.481 e. The van der Waals surface area contributed by atoms with Crippen molar-refractivity contribution in [1.82, 2.24) is 9.97 Å². The number of aromatic nitrogens is 2. The van der Waals surface area contributed by atoms with Gasteiger partial charge in [0.15, 0.2) is 0 Å². The molecule has 2 N–H and O–H groups in total. The molecule has 0 saturated heterocycles. The van der Waals surface area contributed by atoms with Crippen LogP contribution in [0.25, 0.3) is 11.0 Å². The topological polar surface area (TPSA) is 75.1 Å². The molecule has 5 heteroatoms. The monoisotopic (exact) mass is 273 g/mol. The van der Waals surface area contributed by atoms with Crippen LogP contribution in [0.15, 0.2) is 24.3 Å². The van der Waals surface area contributed by atoms with E-state index in [1.54, 1.807) is 0 Å². The minimum absolute atomic E-state index is 0.245. The van der Waals surface area contributed by atoms with Gasteiger partial charge in [-0.2, -0.15) is 0 Å². The van der Waals surface area contributed by atoms with E-state index in [1.807, 2.05) is 31.2 Å². The smallest absolute Gasteiger partial charge is 0.303 e. The van der Waals surface area contributed by atoms with Gasteiger partial charge in [0.25, 0.3) is 0 Å². The average Bonchev–Trinajstić information content (AvgIpc) is 2.42. The Morgan fingerprint density at radius 2 is 1.85 bits per heavy atom. The van der Waals surface area contributed by atoms with Crippen molar-refractivity contribution < 1.29 is 9.90 Å². The van der Waals surface area contributed by atoms with Gasteiger partial charge in [-0.3, -0.25) is 4.79 Å². The highest BCUT2D eigenvalue weighted by Crippen LogP contribution is 2.16. The molecule has 0 radical (unpaired) electrons. The lowest BCUT2D eigenvalue weighted by Gasteiger charge is -2.09. The lowest BCUT2D eigenvalue weighted by Crippen LogP contribution is -2.06. The number of carboxylic acids is 1. The molecule has 20 heavy (non-hydrogen) atoms. The van der Waals surface area contributed by atoms with Crippen LogP contribution in [0.1, 0.15) is 31.4 Å². The van der Waals surface area contributed by atoms with Gasteiger partial charge in [0.1, 0.15) is 5.82 Å². The molecule has 1 aromatic carbocycles. The quantitative estimate of drug-likeness (QED) is 0.758. The maximum atomic E-state index is 10.4. The number of nitrogens with zero attached hydrogens (tertiary/aromatic N) is 2. The minimum atomic E-state index is -0.728. The predicted molar refractivity (Wildman–Crippen MR) is 78.9 cm³/mol. The summed E-state index contributed by atoms with van der Waals surface area (Å²) in [5.41, 5.74) is 2.66. The maximum Gasteiger partial charge on any atom is 0.303 e. The molecule has 106 valence electrons. The predicted octanol–water partition coefficient (Wildman–Crippen LogP) is 3.00. The SMILES string of the molecule is Cc1nc2ccccc2nc1NCCCCCC(=O)O. The second-order valence-corrected chi connectivity index (χ2v) is 4.78. The summed E-state index contributed by atoms with van der Waals surface area (Å²) in [6, 6.07) is 7.79. The summed E-state index contributed by atoms with van der Waals surface area (Å²) in [4.78, 5) is 19.5. The van der Waals surface area contributed by atoms with Crippen LogP contribution in [0.2, 0.25) is 0 Å². The average molecular weight is 273 g/mol. The van der Waals surface area contributed by atoms with Crippen LogP contribution >= 0.6 is 0 Å². The normalized spacial score (nSPS) is 10.7. The first-order valence-electron chi connectivity index (χ1n) is 6.86. The summed E-state index contributed by atoms with van der Waals surface area (Å²) in [7, 11) is 0. The molecule has 0 aliphatic carbocycles. The van der Waals surface area contributed by atoms with Crippen LogP contribution in [0.4, 0.5) is 5.82 Å². The Hall–Kier alpha value is -2.17. The number of aliphatic carboxylic acids is 1. The van der Waals surface area contributed by atoms with Gasteiger partial charge in [-0.15, -0.1) is 0 Å². The summed E-state index contributed by atoms with van der Waals surface area (Å²) in [5, 5.41) is 11.8. The van der Waals surface area contributed by atoms with Crippen LogP contribution in [-0.2, 0) is 4.79 Å². The summed E-state index contributed by atoms with van der Waals surface area (Å²) >= 11 is 0. The Morgan fingerprint density at radius 1 is 1.15 bits per heavy atom. The maximum absolute atomic E-state index is 10.4. The Balaban J connectivity index is 1.86. The third kappa shape index (κ3) is 3.91. The van der Waals surface area contributed by atoms with Gasteiger partial charge in [0.2, 0.25) is 0 Å². The highest BCUT2D eigenvalue weighted by atomic mass is 16.4. The molecular formula is C15H19N3O2. The highest BCUT2D eigenvalue weighted by Gasteiger charge is 2.04. The van der Waals surface area contributed by atoms with Crippen molar-refractivity contribution in [2.24, 2.45) is 0 Å². The zero-order valence-corrected chi connectivity index (χ0v) is 11.6. The van der Waals surface area contributed by atoms with Crippen LogP contribution in [0, 0.1) is 6.92 Å². The van der Waals surface area contributed by atoms with Crippen molar-refractivity contribution >= 4 is 22.8 Å². The third-order valence-electron chi connectivity index (χ3n) is 3.10. The molecule has 0 aliphatic heterocycles. The summed E-state index contributed by atoms with van der Waals surface area (Å²) < 4.78 is 0. The molecule has 2 rings (SSSR count). The number of para-hydroxylation sites is 2. The van der Waals surface area contributed by atoms with Crippen LogP contribution in [0.3, 0.4) is 0 Å². The Kier molecular flexibility index (Phi) is 4.87. The molecule has 2 aromatic rings. The fraction of sp³-hybridized carbons (Fsp3) is 0.400. The number of carboxylic acid groups (broad SMARTS) is 1. The lowest BCUT2D eigenvalue weighted by molar-refractivity contribution is -0.137. The van der Waals surface area contributed by atoms with Gasteiger partial charge in [-0.25, -0.2) is 9.97 Å². The van der Waals surface area contributed by atoms with Crippen LogP contribution < -0.4 is 5.32 Å². The molecule has 0 saturated carbocycles. The van der Waals surface area contributed by atoms with Gasteiger partial charge < -0.3 is 10.4 Å². The second kappa shape index (κ2) is 6.84. The molecule has 0 aliphatic rings. The summed E-state index contributed by atoms with van der Waals surface area (Å²) in [6.07, 6.45) is 2.80. The molecule has 0 amide bonds. The Morgan fingerprint density at radius 3 is 2.55 bits per heavy atom. The number of fused-ring (bicyclic) bond motifs is 1. The zero-order valence-electron chi connectivity index (χ0n) is 11.6. The van der Waals surface area contributed by atoms with Crippen molar-refractivity contribution in [3.8, 4) is 0 Å². The highest BCUT2D eigenvalue weighted by molar-refractivity contribution is 5.76. The largest absolute Gasteiger partial charge is 0.481 e. The third-order valence-corrected chi connectivity index (χ3v) is 3.10. The van der Waals surface area contributed by atoms with E-state index in [2.05, 4.69) is 15.3 Å². The van der Waals surface area contributed by atoms with Gasteiger partial charge in [0.05, 0.1) is 16.7 Å². The molecule has 0 fully saturated rings. The van der Waals surface area contributed by atoms with Gasteiger partial charge in [-0.1, -0.05) is 18.6 Å². The number of carbonyl (C=O) groups is 1. The fourth-order valence-corrected chi connectivity index (χ4v) is 2.04. The van der Waals surface area contributed by atoms with Gasteiger partial charge in [0, 0.05) is 13.0 Å². The standard InChI is InChI=1S/C15H19N3O2/c1-11-15(16-10-6-2-3-9-14(19)20)18-13-8-5-4-7-12(13)17-11/h4-5,7-8H,2-3,6,9-10H2,1H3,(H,16,18)(H,19,20). The lowest BCUT2D eigenvalue weighted by atomic mass is 10.2. The number of benzene rings is 1. The van der Waals surface area contributed by atoms with Crippen molar-refractivity contribution in [2.75, 3.05) is 11.9 Å². The van der Waals surface area contributed by atoms with E-state index in [1.165, 1.54) is 0 Å². The van der Waals surface area contributed by atoms with E-state index in [0.29, 0.717) is 0 Å². The first kappa shape index (κ1) is 14.2. The first-order chi connectivity index (χ1) is 9.66. The van der Waals surface area contributed by atoms with Crippen LogP contribution in [-0.4, -0.2) is 27.6 Å². The van der Waals surface area contributed by atoms with Gasteiger partial charge in [-0.05, 0) is 31.9 Å². The molecule has 0 bridgehead atoms. The van der Waals surface area contributed by atoms with E-state index in [4.69, 9.17) is 5.11 Å². The summed E-state index contributed by atoms with van der Waals surface area (Å²) in [6.45, 7) is 2.72. The Labute approximate surface area is 118 Å². The van der Waals surface area contributed by atoms with E-state index in [-0.39, 0.29) is 6.42 Å². The number of aryl methyl sites for hydroxylation is 1.